The monoisotopic (exact) mass is 508 g/mol. The molecule has 0 fully saturated rings. The molecule has 1 N–H and O–H groups in total. The molecule has 192 valence electrons. The van der Waals surface area contributed by atoms with Crippen molar-refractivity contribution in [2.75, 3.05) is 31.0 Å². The van der Waals surface area contributed by atoms with Gasteiger partial charge < -0.3 is 24.1 Å². The van der Waals surface area contributed by atoms with Crippen LogP contribution in [0.25, 0.3) is 22.3 Å². The van der Waals surface area contributed by atoms with Crippen molar-refractivity contribution in [2.45, 2.75) is 13.0 Å². The summed E-state index contributed by atoms with van der Waals surface area (Å²) in [6.07, 6.45) is 1.90. The molecule has 0 bridgehead atoms. The quantitative estimate of drug-likeness (QED) is 0.250. The van der Waals surface area contributed by atoms with Crippen LogP contribution in [0.3, 0.4) is 0 Å². The van der Waals surface area contributed by atoms with Crippen molar-refractivity contribution >= 4 is 28.3 Å². The molecule has 8 nitrogen and oxygen atoms in total. The van der Waals surface area contributed by atoms with Crippen LogP contribution in [0.5, 0.6) is 11.5 Å². The van der Waals surface area contributed by atoms with Crippen LogP contribution < -0.4 is 19.7 Å². The molecule has 0 radical (unpaired) electrons. The molecular formula is C30H28N4O4. The van der Waals surface area contributed by atoms with Crippen LogP contribution >= 0.6 is 0 Å². The number of methoxy groups -OCH3 is 2. The van der Waals surface area contributed by atoms with Crippen molar-refractivity contribution in [3.63, 3.8) is 0 Å². The van der Waals surface area contributed by atoms with Gasteiger partial charge in [0.1, 0.15) is 23.1 Å². The standard InChI is InChI=1S/C30H28N4O4/c1-36-23-13-9-21(10-14-23)29-32-27-8-4-3-7-26(27)30(33-29)34(20-25-6-5-19-38-25)18-17-28(35)31-22-11-15-24(37-2)16-12-22/h3-16,19H,17-18,20H2,1-2H3,(H,31,35). The topological polar surface area (TPSA) is 89.7 Å². The van der Waals surface area contributed by atoms with Gasteiger partial charge in [-0.15, -0.1) is 0 Å². The first-order chi connectivity index (χ1) is 18.6. The van der Waals surface area contributed by atoms with Crippen molar-refractivity contribution < 1.29 is 18.7 Å². The summed E-state index contributed by atoms with van der Waals surface area (Å²) in [5.41, 5.74) is 2.39. The summed E-state index contributed by atoms with van der Waals surface area (Å²) in [6.45, 7) is 0.873. The van der Waals surface area contributed by atoms with Crippen LogP contribution in [0, 0.1) is 0 Å². The number of nitrogens with one attached hydrogen (secondary N) is 1. The largest absolute Gasteiger partial charge is 0.497 e. The van der Waals surface area contributed by atoms with E-state index in [9.17, 15) is 4.79 Å². The third-order valence-electron chi connectivity index (χ3n) is 6.14. The fourth-order valence-electron chi connectivity index (χ4n) is 4.15. The van der Waals surface area contributed by atoms with Gasteiger partial charge in [0, 0.05) is 29.6 Å². The van der Waals surface area contributed by atoms with Gasteiger partial charge >= 0.3 is 0 Å². The fourth-order valence-corrected chi connectivity index (χ4v) is 4.15. The lowest BCUT2D eigenvalue weighted by Gasteiger charge is -2.24. The normalized spacial score (nSPS) is 10.8. The summed E-state index contributed by atoms with van der Waals surface area (Å²) in [5.74, 6) is 3.49. The summed E-state index contributed by atoms with van der Waals surface area (Å²) < 4.78 is 16.1. The van der Waals surface area contributed by atoms with Gasteiger partial charge in [-0.1, -0.05) is 12.1 Å². The zero-order valence-electron chi connectivity index (χ0n) is 21.3. The molecule has 0 saturated carbocycles. The minimum absolute atomic E-state index is 0.103. The second-order valence-corrected chi connectivity index (χ2v) is 8.64. The Morgan fingerprint density at radius 1 is 0.868 bits per heavy atom. The molecule has 0 aliphatic heterocycles. The molecule has 0 unspecified atom stereocenters. The Morgan fingerprint density at radius 2 is 1.58 bits per heavy atom. The van der Waals surface area contributed by atoms with Gasteiger partial charge in [0.2, 0.25) is 5.91 Å². The molecule has 8 heteroatoms. The summed E-state index contributed by atoms with van der Waals surface area (Å²) in [5, 5.41) is 3.85. The molecule has 3 aromatic carbocycles. The lowest BCUT2D eigenvalue weighted by molar-refractivity contribution is -0.116. The number of nitrogens with zero attached hydrogens (tertiary/aromatic N) is 3. The second-order valence-electron chi connectivity index (χ2n) is 8.64. The summed E-state index contributed by atoms with van der Waals surface area (Å²) in [7, 11) is 3.25. The Hall–Kier alpha value is -4.85. The second kappa shape index (κ2) is 11.5. The number of ether oxygens (including phenoxy) is 2. The maximum Gasteiger partial charge on any atom is 0.226 e. The zero-order chi connectivity index (χ0) is 26.3. The number of benzene rings is 3. The van der Waals surface area contributed by atoms with Crippen molar-refractivity contribution in [1.29, 1.82) is 0 Å². The Balaban J connectivity index is 1.45. The van der Waals surface area contributed by atoms with E-state index in [1.165, 1.54) is 0 Å². The number of amides is 1. The average Bonchev–Trinajstić information content (AvgIpc) is 3.48. The maximum atomic E-state index is 12.9. The van der Waals surface area contributed by atoms with E-state index in [1.54, 1.807) is 20.5 Å². The van der Waals surface area contributed by atoms with Gasteiger partial charge in [0.25, 0.3) is 0 Å². The number of para-hydroxylation sites is 1. The molecule has 2 aromatic heterocycles. The van der Waals surface area contributed by atoms with Gasteiger partial charge in [-0.05, 0) is 72.8 Å². The Bertz CT molecular complexity index is 1500. The first-order valence-corrected chi connectivity index (χ1v) is 12.3. The van der Waals surface area contributed by atoms with Crippen LogP contribution in [0.15, 0.2) is 95.6 Å². The van der Waals surface area contributed by atoms with Gasteiger partial charge in [-0.3, -0.25) is 4.79 Å². The summed E-state index contributed by atoms with van der Waals surface area (Å²) >= 11 is 0. The number of hydrogen-bond acceptors (Lipinski definition) is 7. The van der Waals surface area contributed by atoms with Crippen LogP contribution in [0.4, 0.5) is 11.5 Å². The van der Waals surface area contributed by atoms with Gasteiger partial charge in [0.05, 0.1) is 32.5 Å². The number of rotatable bonds is 10. The lowest BCUT2D eigenvalue weighted by atomic mass is 10.1. The van der Waals surface area contributed by atoms with E-state index in [4.69, 9.17) is 23.9 Å². The van der Waals surface area contributed by atoms with E-state index in [0.29, 0.717) is 24.6 Å². The Kier molecular flexibility index (Phi) is 7.49. The van der Waals surface area contributed by atoms with Gasteiger partial charge in [0.15, 0.2) is 5.82 Å². The lowest BCUT2D eigenvalue weighted by Crippen LogP contribution is -2.28. The van der Waals surface area contributed by atoms with E-state index in [0.717, 1.165) is 39.5 Å². The highest BCUT2D eigenvalue weighted by Gasteiger charge is 2.18. The highest BCUT2D eigenvalue weighted by Crippen LogP contribution is 2.30. The fraction of sp³-hybridized carbons (Fsp3) is 0.167. The minimum atomic E-state index is -0.103. The SMILES string of the molecule is COc1ccc(NC(=O)CCN(Cc2ccco2)c2nc(-c3ccc(OC)cc3)nc3ccccc23)cc1. The number of aromatic nitrogens is 2. The highest BCUT2D eigenvalue weighted by atomic mass is 16.5. The van der Waals surface area contributed by atoms with E-state index >= 15 is 0 Å². The predicted molar refractivity (Wildman–Crippen MR) is 148 cm³/mol. The van der Waals surface area contributed by atoms with Crippen LogP contribution in [0.2, 0.25) is 0 Å². The molecule has 1 amide bonds. The van der Waals surface area contributed by atoms with Crippen LogP contribution in [-0.2, 0) is 11.3 Å². The number of carbonyl (C=O) groups excluding carboxylic acids is 1. The van der Waals surface area contributed by atoms with Gasteiger partial charge in [-0.2, -0.15) is 0 Å². The van der Waals surface area contributed by atoms with E-state index in [2.05, 4.69) is 10.2 Å². The molecule has 0 atom stereocenters. The number of anilines is 2. The predicted octanol–water partition coefficient (Wildman–Crippen LogP) is 5.94. The average molecular weight is 509 g/mol. The highest BCUT2D eigenvalue weighted by molar-refractivity contribution is 5.93. The van der Waals surface area contributed by atoms with E-state index < -0.39 is 0 Å². The maximum absolute atomic E-state index is 12.9. The molecule has 0 spiro atoms. The van der Waals surface area contributed by atoms with Crippen molar-refractivity contribution in [1.82, 2.24) is 9.97 Å². The van der Waals surface area contributed by atoms with E-state index in [1.807, 2.05) is 84.9 Å². The van der Waals surface area contributed by atoms with Crippen LogP contribution in [-0.4, -0.2) is 36.6 Å². The molecule has 38 heavy (non-hydrogen) atoms. The Morgan fingerprint density at radius 3 is 2.26 bits per heavy atom. The zero-order valence-corrected chi connectivity index (χ0v) is 21.3. The molecule has 5 aromatic rings. The number of carbonyl (C=O) groups is 1. The summed E-state index contributed by atoms with van der Waals surface area (Å²) in [4.78, 5) is 24.7. The van der Waals surface area contributed by atoms with E-state index in [-0.39, 0.29) is 12.3 Å². The number of furan rings is 1. The third-order valence-corrected chi connectivity index (χ3v) is 6.14. The first kappa shape index (κ1) is 24.8. The van der Waals surface area contributed by atoms with Crippen molar-refractivity contribution in [3.8, 4) is 22.9 Å². The third kappa shape index (κ3) is 5.75. The molecule has 5 rings (SSSR count). The van der Waals surface area contributed by atoms with Crippen LogP contribution in [0.1, 0.15) is 12.2 Å². The minimum Gasteiger partial charge on any atom is -0.497 e. The molecule has 0 aliphatic carbocycles. The first-order valence-electron chi connectivity index (χ1n) is 12.3. The summed E-state index contributed by atoms with van der Waals surface area (Å²) in [6, 6.07) is 26.5. The molecule has 0 aliphatic rings. The number of fused-ring (bicyclic) bond motifs is 1. The smallest absolute Gasteiger partial charge is 0.226 e. The van der Waals surface area contributed by atoms with Crippen molar-refractivity contribution in [3.05, 3.63) is 97.0 Å². The number of hydrogen-bond donors (Lipinski definition) is 1. The molecule has 0 saturated heterocycles. The van der Waals surface area contributed by atoms with Crippen molar-refractivity contribution in [2.24, 2.45) is 0 Å². The Labute approximate surface area is 220 Å². The molecule has 2 heterocycles. The molecular weight excluding hydrogens is 480 g/mol. The van der Waals surface area contributed by atoms with Gasteiger partial charge in [-0.25, -0.2) is 9.97 Å².